The van der Waals surface area contributed by atoms with Crippen molar-refractivity contribution in [3.63, 3.8) is 0 Å². The number of tetrazole rings is 1. The summed E-state index contributed by atoms with van der Waals surface area (Å²) in [6.07, 6.45) is 1.66. The van der Waals surface area contributed by atoms with Crippen LogP contribution < -0.4 is 11.1 Å². The number of carbonyl (C=O) groups excluding carboxylic acids is 2. The van der Waals surface area contributed by atoms with Gasteiger partial charge in [-0.3, -0.25) is 14.5 Å². The lowest BCUT2D eigenvalue weighted by Crippen LogP contribution is -2.45. The number of amides is 2. The third-order valence-corrected chi connectivity index (χ3v) is 4.21. The summed E-state index contributed by atoms with van der Waals surface area (Å²) >= 11 is 0. The predicted octanol–water partition coefficient (Wildman–Crippen LogP) is -0.524. The Morgan fingerprint density at radius 3 is 2.84 bits per heavy atom. The summed E-state index contributed by atoms with van der Waals surface area (Å²) < 4.78 is 1.60. The Bertz CT molecular complexity index is 731. The number of hydrogen-bond acceptors (Lipinski definition) is 6. The SMILES string of the molecule is NC(=O)CN1CCCC(C(=O)NCc2nnnn2-c2ccccc2)C1. The van der Waals surface area contributed by atoms with E-state index in [1.165, 1.54) is 0 Å². The molecule has 1 aliphatic heterocycles. The zero-order valence-electron chi connectivity index (χ0n) is 13.8. The Kier molecular flexibility index (Phi) is 5.34. The van der Waals surface area contributed by atoms with Crippen LogP contribution in [-0.2, 0) is 16.1 Å². The molecule has 25 heavy (non-hydrogen) atoms. The number of nitrogens with one attached hydrogen (secondary N) is 1. The van der Waals surface area contributed by atoms with Crippen LogP contribution in [0.15, 0.2) is 30.3 Å². The van der Waals surface area contributed by atoms with Gasteiger partial charge in [-0.15, -0.1) is 5.10 Å². The number of likely N-dealkylation sites (tertiary alicyclic amines) is 1. The Hall–Kier alpha value is -2.81. The number of hydrogen-bond donors (Lipinski definition) is 2. The van der Waals surface area contributed by atoms with Crippen molar-refractivity contribution in [3.05, 3.63) is 36.2 Å². The Morgan fingerprint density at radius 1 is 1.28 bits per heavy atom. The molecule has 0 radical (unpaired) electrons. The molecule has 9 heteroatoms. The van der Waals surface area contributed by atoms with E-state index in [4.69, 9.17) is 5.73 Å². The van der Waals surface area contributed by atoms with Crippen LogP contribution >= 0.6 is 0 Å². The van der Waals surface area contributed by atoms with Gasteiger partial charge in [0, 0.05) is 6.54 Å². The van der Waals surface area contributed by atoms with Crippen molar-refractivity contribution in [2.75, 3.05) is 19.6 Å². The van der Waals surface area contributed by atoms with E-state index < -0.39 is 0 Å². The van der Waals surface area contributed by atoms with E-state index in [2.05, 4.69) is 20.8 Å². The van der Waals surface area contributed by atoms with Gasteiger partial charge < -0.3 is 11.1 Å². The second kappa shape index (κ2) is 7.84. The molecular formula is C16H21N7O2. The molecule has 2 aromatic rings. The minimum atomic E-state index is -0.372. The lowest BCUT2D eigenvalue weighted by atomic mass is 9.97. The quantitative estimate of drug-likeness (QED) is 0.728. The van der Waals surface area contributed by atoms with E-state index in [9.17, 15) is 9.59 Å². The molecule has 2 amide bonds. The van der Waals surface area contributed by atoms with Gasteiger partial charge in [-0.2, -0.15) is 4.68 Å². The zero-order valence-corrected chi connectivity index (χ0v) is 13.8. The number of para-hydroxylation sites is 1. The van der Waals surface area contributed by atoms with Crippen LogP contribution in [0.5, 0.6) is 0 Å². The molecule has 1 aromatic heterocycles. The van der Waals surface area contributed by atoms with E-state index >= 15 is 0 Å². The molecule has 132 valence electrons. The van der Waals surface area contributed by atoms with Crippen molar-refractivity contribution in [2.24, 2.45) is 11.7 Å². The molecule has 1 aromatic carbocycles. The number of aromatic nitrogens is 4. The molecule has 0 saturated carbocycles. The lowest BCUT2D eigenvalue weighted by molar-refractivity contribution is -0.128. The highest BCUT2D eigenvalue weighted by molar-refractivity contribution is 5.79. The van der Waals surface area contributed by atoms with Crippen molar-refractivity contribution in [3.8, 4) is 5.69 Å². The fraction of sp³-hybridized carbons (Fsp3) is 0.438. The van der Waals surface area contributed by atoms with Crippen LogP contribution in [0, 0.1) is 5.92 Å². The maximum absolute atomic E-state index is 12.4. The maximum Gasteiger partial charge on any atom is 0.231 e. The molecule has 1 aliphatic rings. The molecular weight excluding hydrogens is 322 g/mol. The molecule has 2 heterocycles. The highest BCUT2D eigenvalue weighted by atomic mass is 16.2. The minimum absolute atomic E-state index is 0.0585. The van der Waals surface area contributed by atoms with E-state index in [1.54, 1.807) is 4.68 Å². The molecule has 0 aliphatic carbocycles. The maximum atomic E-state index is 12.4. The molecule has 0 spiro atoms. The van der Waals surface area contributed by atoms with E-state index in [1.807, 2.05) is 35.2 Å². The summed E-state index contributed by atoms with van der Waals surface area (Å²) in [5.74, 6) is -0.0293. The van der Waals surface area contributed by atoms with Gasteiger partial charge in [0.2, 0.25) is 11.8 Å². The van der Waals surface area contributed by atoms with Crippen LogP contribution in [0.25, 0.3) is 5.69 Å². The molecule has 1 saturated heterocycles. The first-order chi connectivity index (χ1) is 12.1. The topological polar surface area (TPSA) is 119 Å². The van der Waals surface area contributed by atoms with Crippen molar-refractivity contribution >= 4 is 11.8 Å². The smallest absolute Gasteiger partial charge is 0.231 e. The molecule has 3 N–H and O–H groups in total. The summed E-state index contributed by atoms with van der Waals surface area (Å²) in [6.45, 7) is 1.76. The van der Waals surface area contributed by atoms with Gasteiger partial charge in [0.05, 0.1) is 24.7 Å². The first-order valence-electron chi connectivity index (χ1n) is 8.24. The molecule has 1 fully saturated rings. The van der Waals surface area contributed by atoms with Crippen LogP contribution in [0.1, 0.15) is 18.7 Å². The average Bonchev–Trinajstić information content (AvgIpc) is 3.08. The van der Waals surface area contributed by atoms with Gasteiger partial charge in [-0.1, -0.05) is 18.2 Å². The van der Waals surface area contributed by atoms with Crippen LogP contribution in [0.2, 0.25) is 0 Å². The van der Waals surface area contributed by atoms with Gasteiger partial charge in [0.25, 0.3) is 0 Å². The zero-order chi connectivity index (χ0) is 17.6. The summed E-state index contributed by atoms with van der Waals surface area (Å²) in [5.41, 5.74) is 6.07. The molecule has 3 rings (SSSR count). The fourth-order valence-electron chi connectivity index (χ4n) is 3.03. The van der Waals surface area contributed by atoms with Gasteiger partial charge in [-0.25, -0.2) is 0 Å². The monoisotopic (exact) mass is 343 g/mol. The second-order valence-electron chi connectivity index (χ2n) is 6.10. The predicted molar refractivity (Wildman–Crippen MR) is 89.4 cm³/mol. The molecule has 1 atom stereocenters. The fourth-order valence-corrected chi connectivity index (χ4v) is 3.03. The Labute approximate surface area is 145 Å². The van der Waals surface area contributed by atoms with Crippen molar-refractivity contribution in [2.45, 2.75) is 19.4 Å². The number of carbonyl (C=O) groups is 2. The third-order valence-electron chi connectivity index (χ3n) is 4.21. The summed E-state index contributed by atoms with van der Waals surface area (Å²) in [7, 11) is 0. The first kappa shape index (κ1) is 17.0. The number of primary amides is 1. The molecule has 9 nitrogen and oxygen atoms in total. The number of benzene rings is 1. The number of nitrogens with zero attached hydrogens (tertiary/aromatic N) is 5. The normalized spacial score (nSPS) is 18.0. The summed E-state index contributed by atoms with van der Waals surface area (Å²) in [5, 5.41) is 14.5. The van der Waals surface area contributed by atoms with E-state index in [-0.39, 0.29) is 30.8 Å². The van der Waals surface area contributed by atoms with Crippen LogP contribution in [0.3, 0.4) is 0 Å². The third kappa shape index (κ3) is 4.38. The van der Waals surface area contributed by atoms with Gasteiger partial charge in [0.1, 0.15) is 0 Å². The number of nitrogens with two attached hydrogens (primary N) is 1. The molecule has 1 unspecified atom stereocenters. The van der Waals surface area contributed by atoms with Crippen LogP contribution in [-0.4, -0.2) is 56.6 Å². The Morgan fingerprint density at radius 2 is 2.08 bits per heavy atom. The van der Waals surface area contributed by atoms with Gasteiger partial charge >= 0.3 is 0 Å². The van der Waals surface area contributed by atoms with Crippen molar-refractivity contribution in [1.82, 2.24) is 30.4 Å². The highest BCUT2D eigenvalue weighted by Gasteiger charge is 2.26. The number of rotatable bonds is 6. The largest absolute Gasteiger partial charge is 0.369 e. The van der Waals surface area contributed by atoms with Crippen molar-refractivity contribution < 1.29 is 9.59 Å². The minimum Gasteiger partial charge on any atom is -0.369 e. The summed E-state index contributed by atoms with van der Waals surface area (Å²) in [6, 6.07) is 9.49. The highest BCUT2D eigenvalue weighted by Crippen LogP contribution is 2.16. The second-order valence-corrected chi connectivity index (χ2v) is 6.10. The number of piperidine rings is 1. The lowest BCUT2D eigenvalue weighted by Gasteiger charge is -2.30. The molecule has 0 bridgehead atoms. The summed E-state index contributed by atoms with van der Waals surface area (Å²) in [4.78, 5) is 25.4. The standard InChI is InChI=1S/C16H21N7O2/c17-14(24)11-22-8-4-5-12(10-22)16(25)18-9-15-19-20-21-23(15)13-6-2-1-3-7-13/h1-3,6-7,12H,4-5,8-11H2,(H2,17,24)(H,18,25). The van der Waals surface area contributed by atoms with E-state index in [0.29, 0.717) is 12.4 Å². The Balaban J connectivity index is 1.58. The van der Waals surface area contributed by atoms with Gasteiger partial charge in [-0.05, 0) is 41.9 Å². The first-order valence-corrected chi connectivity index (χ1v) is 8.24. The van der Waals surface area contributed by atoms with Crippen molar-refractivity contribution in [1.29, 1.82) is 0 Å². The average molecular weight is 343 g/mol. The van der Waals surface area contributed by atoms with Crippen LogP contribution in [0.4, 0.5) is 0 Å². The van der Waals surface area contributed by atoms with Gasteiger partial charge in [0.15, 0.2) is 5.82 Å². The van der Waals surface area contributed by atoms with E-state index in [0.717, 1.165) is 25.1 Å².